The van der Waals surface area contributed by atoms with Gasteiger partial charge in [-0.05, 0) is 19.8 Å². The lowest BCUT2D eigenvalue weighted by Crippen LogP contribution is -2.21. The Morgan fingerprint density at radius 1 is 1.67 bits per heavy atom. The monoisotopic (exact) mass is 125 g/mol. The van der Waals surface area contributed by atoms with Gasteiger partial charge in [0.05, 0.1) is 18.1 Å². The quantitative estimate of drug-likeness (QED) is 0.489. The Labute approximate surface area is 55.4 Å². The Hall–Kier alpha value is -0.550. The van der Waals surface area contributed by atoms with Crippen LogP contribution >= 0.6 is 0 Å². The SMILES string of the molecule is C[C@H]1CC(C#N)CCO1. The van der Waals surface area contributed by atoms with Gasteiger partial charge in [-0.3, -0.25) is 0 Å². The van der Waals surface area contributed by atoms with Crippen LogP contribution in [0.4, 0.5) is 0 Å². The highest BCUT2D eigenvalue weighted by molar-refractivity contribution is 4.85. The zero-order valence-corrected chi connectivity index (χ0v) is 5.63. The number of nitrogens with zero attached hydrogens (tertiary/aromatic N) is 1. The fourth-order valence-electron chi connectivity index (χ4n) is 1.12. The van der Waals surface area contributed by atoms with Crippen molar-refractivity contribution < 1.29 is 4.74 Å². The minimum Gasteiger partial charge on any atom is -0.378 e. The van der Waals surface area contributed by atoms with E-state index in [0.29, 0.717) is 6.10 Å². The van der Waals surface area contributed by atoms with Gasteiger partial charge in [0.1, 0.15) is 0 Å². The summed E-state index contributed by atoms with van der Waals surface area (Å²) in [5, 5.41) is 8.50. The van der Waals surface area contributed by atoms with Gasteiger partial charge in [-0.25, -0.2) is 0 Å². The summed E-state index contributed by atoms with van der Waals surface area (Å²) in [5.74, 6) is 0.244. The Morgan fingerprint density at radius 3 is 2.89 bits per heavy atom. The molecule has 2 heteroatoms. The molecule has 1 heterocycles. The number of hydrogen-bond donors (Lipinski definition) is 0. The van der Waals surface area contributed by atoms with Gasteiger partial charge in [-0.15, -0.1) is 0 Å². The highest BCUT2D eigenvalue weighted by Gasteiger charge is 2.17. The van der Waals surface area contributed by atoms with Crippen LogP contribution in [0.2, 0.25) is 0 Å². The van der Waals surface area contributed by atoms with Crippen molar-refractivity contribution in [2.24, 2.45) is 5.92 Å². The van der Waals surface area contributed by atoms with Gasteiger partial charge in [0.15, 0.2) is 0 Å². The van der Waals surface area contributed by atoms with Crippen LogP contribution in [0.5, 0.6) is 0 Å². The van der Waals surface area contributed by atoms with Crippen LogP contribution in [0.3, 0.4) is 0 Å². The second-order valence-corrected chi connectivity index (χ2v) is 2.53. The first-order valence-electron chi connectivity index (χ1n) is 3.34. The topological polar surface area (TPSA) is 33.0 Å². The van der Waals surface area contributed by atoms with Crippen molar-refractivity contribution in [1.82, 2.24) is 0 Å². The minimum atomic E-state index is 0.244. The molecule has 1 aliphatic rings. The fourth-order valence-corrected chi connectivity index (χ4v) is 1.12. The van der Waals surface area contributed by atoms with Crippen LogP contribution in [0.25, 0.3) is 0 Å². The summed E-state index contributed by atoms with van der Waals surface area (Å²) in [5.41, 5.74) is 0. The van der Waals surface area contributed by atoms with E-state index in [0.717, 1.165) is 19.4 Å². The molecule has 2 nitrogen and oxygen atoms in total. The van der Waals surface area contributed by atoms with Crippen molar-refractivity contribution in [1.29, 1.82) is 5.26 Å². The number of ether oxygens (including phenoxy) is 1. The molecule has 0 radical (unpaired) electrons. The Balaban J connectivity index is 2.34. The van der Waals surface area contributed by atoms with Gasteiger partial charge >= 0.3 is 0 Å². The van der Waals surface area contributed by atoms with E-state index in [1.54, 1.807) is 0 Å². The molecule has 0 aromatic rings. The van der Waals surface area contributed by atoms with Crippen molar-refractivity contribution in [2.45, 2.75) is 25.9 Å². The Kier molecular flexibility index (Phi) is 2.07. The van der Waals surface area contributed by atoms with Crippen molar-refractivity contribution in [3.8, 4) is 6.07 Å². The summed E-state index contributed by atoms with van der Waals surface area (Å²) >= 11 is 0. The molecule has 0 aliphatic carbocycles. The molecule has 0 aromatic heterocycles. The van der Waals surface area contributed by atoms with E-state index in [1.807, 2.05) is 6.92 Å². The second-order valence-electron chi connectivity index (χ2n) is 2.53. The summed E-state index contributed by atoms with van der Waals surface area (Å²) in [6, 6.07) is 2.25. The van der Waals surface area contributed by atoms with E-state index >= 15 is 0 Å². The second kappa shape index (κ2) is 2.84. The summed E-state index contributed by atoms with van der Waals surface area (Å²) in [7, 11) is 0. The Bertz CT molecular complexity index is 127. The van der Waals surface area contributed by atoms with Crippen molar-refractivity contribution >= 4 is 0 Å². The van der Waals surface area contributed by atoms with Gasteiger partial charge in [0.2, 0.25) is 0 Å². The first-order valence-corrected chi connectivity index (χ1v) is 3.34. The zero-order chi connectivity index (χ0) is 6.69. The summed E-state index contributed by atoms with van der Waals surface area (Å²) in [6.45, 7) is 2.78. The molecule has 0 saturated carbocycles. The average molecular weight is 125 g/mol. The van der Waals surface area contributed by atoms with Gasteiger partial charge in [-0.2, -0.15) is 5.26 Å². The van der Waals surface area contributed by atoms with Crippen LogP contribution in [0.1, 0.15) is 19.8 Å². The highest BCUT2D eigenvalue weighted by Crippen LogP contribution is 2.18. The predicted molar refractivity (Wildman–Crippen MR) is 33.8 cm³/mol. The molecule has 0 spiro atoms. The van der Waals surface area contributed by atoms with E-state index in [9.17, 15) is 0 Å². The van der Waals surface area contributed by atoms with Crippen LogP contribution in [-0.2, 0) is 4.74 Å². The largest absolute Gasteiger partial charge is 0.378 e. The lowest BCUT2D eigenvalue weighted by atomic mass is 9.98. The van der Waals surface area contributed by atoms with E-state index in [1.165, 1.54) is 0 Å². The highest BCUT2D eigenvalue weighted by atomic mass is 16.5. The van der Waals surface area contributed by atoms with Gasteiger partial charge in [0, 0.05) is 6.61 Å². The average Bonchev–Trinajstić information content (AvgIpc) is 1.88. The third-order valence-electron chi connectivity index (χ3n) is 1.67. The van der Waals surface area contributed by atoms with E-state index in [2.05, 4.69) is 6.07 Å². The lowest BCUT2D eigenvalue weighted by molar-refractivity contribution is 0.0140. The van der Waals surface area contributed by atoms with Gasteiger partial charge in [-0.1, -0.05) is 0 Å². The first kappa shape index (κ1) is 6.57. The fraction of sp³-hybridized carbons (Fsp3) is 0.857. The van der Waals surface area contributed by atoms with Crippen molar-refractivity contribution in [3.05, 3.63) is 0 Å². The maximum Gasteiger partial charge on any atom is 0.0657 e. The number of hydrogen-bond acceptors (Lipinski definition) is 2. The third-order valence-corrected chi connectivity index (χ3v) is 1.67. The summed E-state index contributed by atoms with van der Waals surface area (Å²) < 4.78 is 5.26. The maximum atomic E-state index is 8.50. The molecule has 0 aromatic carbocycles. The zero-order valence-electron chi connectivity index (χ0n) is 5.63. The molecule has 1 saturated heterocycles. The molecular weight excluding hydrogens is 114 g/mol. The van der Waals surface area contributed by atoms with Crippen molar-refractivity contribution in [3.63, 3.8) is 0 Å². The summed E-state index contributed by atoms with van der Waals surface area (Å²) in [4.78, 5) is 0. The molecule has 2 atom stereocenters. The summed E-state index contributed by atoms with van der Waals surface area (Å²) in [6.07, 6.45) is 2.13. The molecule has 1 fully saturated rings. The third kappa shape index (κ3) is 1.69. The standard InChI is InChI=1S/C7H11NO/c1-6-4-7(5-8)2-3-9-6/h6-7H,2-4H2,1H3/t6-,7?/m0/s1. The molecule has 0 N–H and O–H groups in total. The van der Waals surface area contributed by atoms with Crippen molar-refractivity contribution in [2.75, 3.05) is 6.61 Å². The van der Waals surface area contributed by atoms with Gasteiger partial charge in [0.25, 0.3) is 0 Å². The van der Waals surface area contributed by atoms with Crippen LogP contribution < -0.4 is 0 Å². The van der Waals surface area contributed by atoms with E-state index in [4.69, 9.17) is 10.00 Å². The Morgan fingerprint density at radius 2 is 2.44 bits per heavy atom. The molecule has 1 unspecified atom stereocenters. The smallest absolute Gasteiger partial charge is 0.0657 e. The van der Waals surface area contributed by atoms with Crippen LogP contribution in [0.15, 0.2) is 0 Å². The van der Waals surface area contributed by atoms with Crippen LogP contribution in [0, 0.1) is 17.2 Å². The molecule has 0 bridgehead atoms. The number of nitriles is 1. The molecule has 9 heavy (non-hydrogen) atoms. The van der Waals surface area contributed by atoms with Gasteiger partial charge < -0.3 is 4.74 Å². The lowest BCUT2D eigenvalue weighted by Gasteiger charge is -2.21. The van der Waals surface area contributed by atoms with Crippen LogP contribution in [-0.4, -0.2) is 12.7 Å². The first-order chi connectivity index (χ1) is 4.33. The molecule has 1 rings (SSSR count). The van der Waals surface area contributed by atoms with E-state index < -0.39 is 0 Å². The molecule has 1 aliphatic heterocycles. The predicted octanol–water partition coefficient (Wildman–Crippen LogP) is 1.33. The normalized spacial score (nSPS) is 35.6. The van der Waals surface area contributed by atoms with E-state index in [-0.39, 0.29) is 5.92 Å². The molecule has 50 valence electrons. The number of rotatable bonds is 0. The molecular formula is C7H11NO. The molecule has 0 amide bonds. The maximum absolute atomic E-state index is 8.50. The minimum absolute atomic E-state index is 0.244.